The molecule has 4 nitrogen and oxygen atoms in total. The van der Waals surface area contributed by atoms with Crippen LogP contribution in [0.1, 0.15) is 53.4 Å². The van der Waals surface area contributed by atoms with E-state index < -0.39 is 5.60 Å². The number of hydrogen-bond donors (Lipinski definition) is 2. The van der Waals surface area contributed by atoms with E-state index >= 15 is 0 Å². The van der Waals surface area contributed by atoms with Crippen LogP contribution in [0.3, 0.4) is 0 Å². The molecule has 1 heterocycles. The summed E-state index contributed by atoms with van der Waals surface area (Å²) >= 11 is 0. The SMILES string of the molecule is CC1(O)CC(NC(=O)CN2CCC[C@@H](C(C)(C)C)C2)C1. The van der Waals surface area contributed by atoms with Crippen molar-refractivity contribution >= 4 is 5.91 Å². The minimum atomic E-state index is -0.569. The maximum atomic E-state index is 12.0. The lowest BCUT2D eigenvalue weighted by molar-refractivity contribution is -0.126. The van der Waals surface area contributed by atoms with Crippen LogP contribution in [-0.2, 0) is 4.79 Å². The lowest BCUT2D eigenvalue weighted by Crippen LogP contribution is -2.55. The second-order valence-corrected chi connectivity index (χ2v) is 8.11. The molecule has 2 N–H and O–H groups in total. The molecule has 2 fully saturated rings. The fraction of sp³-hybridized carbons (Fsp3) is 0.938. The molecule has 1 atom stereocenters. The van der Waals surface area contributed by atoms with Crippen LogP contribution in [0, 0.1) is 11.3 Å². The predicted molar refractivity (Wildman–Crippen MR) is 80.4 cm³/mol. The Kier molecular flexibility index (Phi) is 4.45. The van der Waals surface area contributed by atoms with Gasteiger partial charge >= 0.3 is 0 Å². The number of carbonyl (C=O) groups is 1. The molecule has 0 radical (unpaired) electrons. The molecule has 1 saturated carbocycles. The topological polar surface area (TPSA) is 52.6 Å². The van der Waals surface area contributed by atoms with E-state index in [1.807, 2.05) is 6.92 Å². The third kappa shape index (κ3) is 4.19. The van der Waals surface area contributed by atoms with Gasteiger partial charge in [-0.15, -0.1) is 0 Å². The van der Waals surface area contributed by atoms with E-state index in [4.69, 9.17) is 0 Å². The molecule has 116 valence electrons. The van der Waals surface area contributed by atoms with Crippen molar-refractivity contribution in [2.45, 2.75) is 65.0 Å². The molecule has 0 bridgehead atoms. The van der Waals surface area contributed by atoms with Crippen LogP contribution < -0.4 is 5.32 Å². The first kappa shape index (κ1) is 15.8. The molecule has 0 unspecified atom stereocenters. The Labute approximate surface area is 122 Å². The highest BCUT2D eigenvalue weighted by Crippen LogP contribution is 2.33. The van der Waals surface area contributed by atoms with E-state index in [0.717, 1.165) is 13.1 Å². The van der Waals surface area contributed by atoms with Crippen LogP contribution in [0.5, 0.6) is 0 Å². The van der Waals surface area contributed by atoms with Crippen LogP contribution in [0.2, 0.25) is 0 Å². The quantitative estimate of drug-likeness (QED) is 0.829. The number of rotatable bonds is 3. The van der Waals surface area contributed by atoms with Crippen LogP contribution in [0.25, 0.3) is 0 Å². The highest BCUT2D eigenvalue weighted by Gasteiger charge is 2.39. The summed E-state index contributed by atoms with van der Waals surface area (Å²) in [6.07, 6.45) is 3.83. The van der Waals surface area contributed by atoms with Gasteiger partial charge in [-0.3, -0.25) is 9.69 Å². The fourth-order valence-corrected chi connectivity index (χ4v) is 3.49. The molecule has 1 aliphatic heterocycles. The maximum Gasteiger partial charge on any atom is 0.234 e. The molecule has 0 aromatic rings. The standard InChI is InChI=1S/C16H30N2O2/c1-15(2,3)12-6-5-7-18(10-12)11-14(19)17-13-8-16(4,20)9-13/h12-13,20H,5-11H2,1-4H3,(H,17,19)/t12-,13?,16?/m1/s1. The van der Waals surface area contributed by atoms with E-state index in [2.05, 4.69) is 31.0 Å². The van der Waals surface area contributed by atoms with Gasteiger partial charge < -0.3 is 10.4 Å². The second-order valence-electron chi connectivity index (χ2n) is 8.11. The number of nitrogens with one attached hydrogen (secondary N) is 1. The summed E-state index contributed by atoms with van der Waals surface area (Å²) in [5, 5.41) is 12.7. The summed E-state index contributed by atoms with van der Waals surface area (Å²) in [6, 6.07) is 0.167. The Bertz CT molecular complexity index is 352. The second kappa shape index (κ2) is 5.64. The number of piperidine rings is 1. The average molecular weight is 282 g/mol. The molecule has 4 heteroatoms. The van der Waals surface area contributed by atoms with Gasteiger partial charge in [-0.05, 0) is 50.5 Å². The molecule has 2 rings (SSSR count). The van der Waals surface area contributed by atoms with Gasteiger partial charge in [-0.25, -0.2) is 0 Å². The largest absolute Gasteiger partial charge is 0.390 e. The summed E-state index contributed by atoms with van der Waals surface area (Å²) in [5.74, 6) is 0.786. The van der Waals surface area contributed by atoms with Gasteiger partial charge in [0.1, 0.15) is 0 Å². The van der Waals surface area contributed by atoms with Gasteiger partial charge in [0.2, 0.25) is 5.91 Å². The van der Waals surface area contributed by atoms with E-state index in [0.29, 0.717) is 30.7 Å². The number of aliphatic hydroxyl groups is 1. The monoisotopic (exact) mass is 282 g/mol. The van der Waals surface area contributed by atoms with Crippen molar-refractivity contribution in [1.82, 2.24) is 10.2 Å². The summed E-state index contributed by atoms with van der Waals surface area (Å²) < 4.78 is 0. The molecule has 2 aliphatic rings. The molecular weight excluding hydrogens is 252 g/mol. The van der Waals surface area contributed by atoms with Gasteiger partial charge in [0.25, 0.3) is 0 Å². The number of amides is 1. The summed E-state index contributed by atoms with van der Waals surface area (Å²) in [4.78, 5) is 14.3. The maximum absolute atomic E-state index is 12.0. The summed E-state index contributed by atoms with van der Waals surface area (Å²) in [5.41, 5.74) is -0.248. The van der Waals surface area contributed by atoms with Crippen molar-refractivity contribution in [3.8, 4) is 0 Å². The Morgan fingerprint density at radius 1 is 1.40 bits per heavy atom. The molecule has 1 aliphatic carbocycles. The van der Waals surface area contributed by atoms with E-state index in [1.165, 1.54) is 12.8 Å². The lowest BCUT2D eigenvalue weighted by atomic mass is 9.76. The Morgan fingerprint density at radius 2 is 2.05 bits per heavy atom. The zero-order valence-corrected chi connectivity index (χ0v) is 13.4. The van der Waals surface area contributed by atoms with E-state index in [-0.39, 0.29) is 11.9 Å². The smallest absolute Gasteiger partial charge is 0.234 e. The van der Waals surface area contributed by atoms with Gasteiger partial charge in [0, 0.05) is 12.6 Å². The third-order valence-corrected chi connectivity index (χ3v) is 4.83. The first-order chi connectivity index (χ1) is 9.16. The van der Waals surface area contributed by atoms with Crippen molar-refractivity contribution in [2.24, 2.45) is 11.3 Å². The van der Waals surface area contributed by atoms with E-state index in [1.54, 1.807) is 0 Å². The summed E-state index contributed by atoms with van der Waals surface area (Å²) in [6.45, 7) is 11.3. The molecule has 0 aromatic carbocycles. The molecule has 1 amide bonds. The van der Waals surface area contributed by atoms with Crippen molar-refractivity contribution in [1.29, 1.82) is 0 Å². The van der Waals surface area contributed by atoms with Crippen LogP contribution in [0.4, 0.5) is 0 Å². The molecule has 0 spiro atoms. The highest BCUT2D eigenvalue weighted by molar-refractivity contribution is 5.78. The minimum absolute atomic E-state index is 0.111. The van der Waals surface area contributed by atoms with Gasteiger partial charge in [-0.2, -0.15) is 0 Å². The number of hydrogen-bond acceptors (Lipinski definition) is 3. The molecule has 1 saturated heterocycles. The zero-order chi connectivity index (χ0) is 15.0. The molecule has 20 heavy (non-hydrogen) atoms. The Morgan fingerprint density at radius 3 is 2.60 bits per heavy atom. The van der Waals surface area contributed by atoms with E-state index in [9.17, 15) is 9.90 Å². The Balaban J connectivity index is 1.74. The first-order valence-corrected chi connectivity index (χ1v) is 7.90. The Hall–Kier alpha value is -0.610. The van der Waals surface area contributed by atoms with Crippen LogP contribution in [0.15, 0.2) is 0 Å². The average Bonchev–Trinajstić information content (AvgIpc) is 2.25. The molecular formula is C16H30N2O2. The molecule has 0 aromatic heterocycles. The fourth-order valence-electron chi connectivity index (χ4n) is 3.49. The summed E-state index contributed by atoms with van der Waals surface area (Å²) in [7, 11) is 0. The van der Waals surface area contributed by atoms with Gasteiger partial charge in [-0.1, -0.05) is 20.8 Å². The highest BCUT2D eigenvalue weighted by atomic mass is 16.3. The number of nitrogens with zero attached hydrogens (tertiary/aromatic N) is 1. The third-order valence-electron chi connectivity index (χ3n) is 4.83. The van der Waals surface area contributed by atoms with Crippen molar-refractivity contribution in [3.63, 3.8) is 0 Å². The minimum Gasteiger partial charge on any atom is -0.390 e. The van der Waals surface area contributed by atoms with Crippen LogP contribution >= 0.6 is 0 Å². The normalized spacial score (nSPS) is 35.5. The zero-order valence-electron chi connectivity index (χ0n) is 13.4. The number of carbonyl (C=O) groups excluding carboxylic acids is 1. The lowest BCUT2D eigenvalue weighted by Gasteiger charge is -2.42. The van der Waals surface area contributed by atoms with Gasteiger partial charge in [0.05, 0.1) is 12.1 Å². The van der Waals surface area contributed by atoms with Crippen molar-refractivity contribution in [3.05, 3.63) is 0 Å². The predicted octanol–water partition coefficient (Wildman–Crippen LogP) is 1.77. The first-order valence-electron chi connectivity index (χ1n) is 7.90. The van der Waals surface area contributed by atoms with Gasteiger partial charge in [0.15, 0.2) is 0 Å². The number of likely N-dealkylation sites (tertiary alicyclic amines) is 1. The van der Waals surface area contributed by atoms with Crippen LogP contribution in [-0.4, -0.2) is 47.2 Å². The van der Waals surface area contributed by atoms with Crippen molar-refractivity contribution < 1.29 is 9.90 Å². The van der Waals surface area contributed by atoms with Crippen molar-refractivity contribution in [2.75, 3.05) is 19.6 Å².